The Balaban J connectivity index is 1.87. The summed E-state index contributed by atoms with van der Waals surface area (Å²) in [4.78, 5) is 34.1. The Morgan fingerprint density at radius 2 is 1.92 bits per heavy atom. The number of carbonyl (C=O) groups excluding carboxylic acids is 2. The predicted molar refractivity (Wildman–Crippen MR) is 94.9 cm³/mol. The summed E-state index contributed by atoms with van der Waals surface area (Å²) in [6.45, 7) is 1.98. The minimum atomic E-state index is -0.625. The number of benzene rings is 2. The van der Waals surface area contributed by atoms with Gasteiger partial charge in [-0.25, -0.2) is 0 Å². The fraction of sp³-hybridized carbons (Fsp3) is 0.176. The molecule has 0 heterocycles. The van der Waals surface area contributed by atoms with Crippen LogP contribution in [0.4, 0.5) is 11.4 Å². The van der Waals surface area contributed by atoms with Crippen LogP contribution in [0.1, 0.15) is 22.3 Å². The van der Waals surface area contributed by atoms with Crippen molar-refractivity contribution in [3.63, 3.8) is 0 Å². The molecule has 0 saturated heterocycles. The highest BCUT2D eigenvalue weighted by molar-refractivity contribution is 6.32. The summed E-state index contributed by atoms with van der Waals surface area (Å²) in [5.74, 6) is -0.630. The first-order valence-corrected chi connectivity index (χ1v) is 7.84. The molecule has 0 bridgehead atoms. The third kappa shape index (κ3) is 5.02. The maximum atomic E-state index is 12.0. The lowest BCUT2D eigenvalue weighted by atomic mass is 10.1. The number of nitro benzene ring substituents is 1. The molecule has 2 aromatic rings. The molecule has 0 unspecified atom stereocenters. The molecule has 130 valence electrons. The van der Waals surface area contributed by atoms with Gasteiger partial charge in [0.25, 0.3) is 11.6 Å². The number of rotatable bonds is 6. The second-order valence-corrected chi connectivity index (χ2v) is 5.70. The topological polar surface area (TPSA) is 101 Å². The summed E-state index contributed by atoms with van der Waals surface area (Å²) >= 11 is 5.72. The summed E-state index contributed by atoms with van der Waals surface area (Å²) < 4.78 is 0. The molecule has 0 aliphatic heterocycles. The summed E-state index contributed by atoms with van der Waals surface area (Å²) in [5, 5.41) is 16.0. The Morgan fingerprint density at radius 3 is 2.60 bits per heavy atom. The van der Waals surface area contributed by atoms with Crippen LogP contribution in [0.2, 0.25) is 5.02 Å². The van der Waals surface area contributed by atoms with E-state index in [0.717, 1.165) is 5.56 Å². The molecule has 0 aromatic heterocycles. The highest BCUT2D eigenvalue weighted by Crippen LogP contribution is 2.27. The number of carbonyl (C=O) groups is 2. The number of nitrogens with zero attached hydrogens (tertiary/aromatic N) is 1. The second-order valence-electron chi connectivity index (χ2n) is 5.29. The van der Waals surface area contributed by atoms with Gasteiger partial charge in [0.1, 0.15) is 5.02 Å². The van der Waals surface area contributed by atoms with Crippen LogP contribution in [0, 0.1) is 17.0 Å². The van der Waals surface area contributed by atoms with Gasteiger partial charge in [0.2, 0.25) is 5.91 Å². The summed E-state index contributed by atoms with van der Waals surface area (Å²) in [6.07, 6.45) is 0.0358. The lowest BCUT2D eigenvalue weighted by molar-refractivity contribution is -0.384. The van der Waals surface area contributed by atoms with Gasteiger partial charge < -0.3 is 10.6 Å². The van der Waals surface area contributed by atoms with Gasteiger partial charge in [-0.1, -0.05) is 29.8 Å². The van der Waals surface area contributed by atoms with Crippen molar-refractivity contribution in [2.24, 2.45) is 0 Å². The first kappa shape index (κ1) is 18.4. The van der Waals surface area contributed by atoms with Crippen molar-refractivity contribution < 1.29 is 14.5 Å². The first-order valence-electron chi connectivity index (χ1n) is 7.46. The number of nitrogens with one attached hydrogen (secondary N) is 2. The van der Waals surface area contributed by atoms with Crippen LogP contribution in [0.5, 0.6) is 0 Å². The fourth-order valence-corrected chi connectivity index (χ4v) is 2.35. The monoisotopic (exact) mass is 361 g/mol. The lowest BCUT2D eigenvalue weighted by Gasteiger charge is -2.08. The van der Waals surface area contributed by atoms with Crippen molar-refractivity contribution in [3.8, 4) is 0 Å². The van der Waals surface area contributed by atoms with E-state index in [9.17, 15) is 19.7 Å². The van der Waals surface area contributed by atoms with Crippen LogP contribution in [0.25, 0.3) is 0 Å². The Morgan fingerprint density at radius 1 is 1.20 bits per heavy atom. The molecule has 2 N–H and O–H groups in total. The summed E-state index contributed by atoms with van der Waals surface area (Å²) in [7, 11) is 0. The van der Waals surface area contributed by atoms with Gasteiger partial charge in [0.05, 0.1) is 4.92 Å². The number of amides is 2. The van der Waals surface area contributed by atoms with Crippen molar-refractivity contribution >= 4 is 34.8 Å². The van der Waals surface area contributed by atoms with Crippen molar-refractivity contribution in [3.05, 3.63) is 68.7 Å². The van der Waals surface area contributed by atoms with E-state index in [1.165, 1.54) is 18.2 Å². The van der Waals surface area contributed by atoms with Crippen molar-refractivity contribution in [1.82, 2.24) is 5.32 Å². The first-order chi connectivity index (χ1) is 11.9. The third-order valence-corrected chi connectivity index (χ3v) is 3.77. The summed E-state index contributed by atoms with van der Waals surface area (Å²) in [5.41, 5.74) is 1.38. The van der Waals surface area contributed by atoms with Crippen molar-refractivity contribution in [2.45, 2.75) is 13.3 Å². The molecule has 0 spiro atoms. The third-order valence-electron chi connectivity index (χ3n) is 3.45. The van der Waals surface area contributed by atoms with Gasteiger partial charge in [-0.2, -0.15) is 0 Å². The van der Waals surface area contributed by atoms with Crippen LogP contribution >= 0.6 is 11.6 Å². The largest absolute Gasteiger partial charge is 0.352 e. The van der Waals surface area contributed by atoms with Crippen molar-refractivity contribution in [2.75, 3.05) is 11.9 Å². The molecule has 2 aromatic carbocycles. The standard InChI is InChI=1S/C17H16ClN3O4/c1-11-4-2-3-5-13(11)17(23)19-9-8-16(22)20-12-6-7-14(18)15(10-12)21(24)25/h2-7,10H,8-9H2,1H3,(H,19,23)(H,20,22). The zero-order chi connectivity index (χ0) is 18.4. The van der Waals surface area contributed by atoms with Gasteiger partial charge >= 0.3 is 0 Å². The van der Waals surface area contributed by atoms with E-state index >= 15 is 0 Å². The van der Waals surface area contributed by atoms with Crippen LogP contribution in [-0.4, -0.2) is 23.3 Å². The van der Waals surface area contributed by atoms with Gasteiger partial charge in [-0.05, 0) is 30.7 Å². The minimum Gasteiger partial charge on any atom is -0.352 e. The van der Waals surface area contributed by atoms with Gasteiger partial charge in [-0.3, -0.25) is 19.7 Å². The van der Waals surface area contributed by atoms with E-state index in [2.05, 4.69) is 10.6 Å². The number of hydrogen-bond donors (Lipinski definition) is 2. The number of halogens is 1. The highest BCUT2D eigenvalue weighted by Gasteiger charge is 2.14. The number of hydrogen-bond acceptors (Lipinski definition) is 4. The molecule has 0 saturated carbocycles. The van der Waals surface area contributed by atoms with E-state index in [1.807, 2.05) is 19.1 Å². The zero-order valence-electron chi connectivity index (χ0n) is 13.4. The van der Waals surface area contributed by atoms with Crippen LogP contribution in [-0.2, 0) is 4.79 Å². The predicted octanol–water partition coefficient (Wildman–Crippen LogP) is 3.32. The smallest absolute Gasteiger partial charge is 0.289 e. The molecule has 7 nitrogen and oxygen atoms in total. The molecule has 0 fully saturated rings. The number of anilines is 1. The lowest BCUT2D eigenvalue weighted by Crippen LogP contribution is -2.28. The molecular formula is C17H16ClN3O4. The molecule has 0 atom stereocenters. The summed E-state index contributed by atoms with van der Waals surface area (Å²) in [6, 6.07) is 11.1. The van der Waals surface area contributed by atoms with Crippen LogP contribution in [0.3, 0.4) is 0 Å². The molecular weight excluding hydrogens is 346 g/mol. The fourth-order valence-electron chi connectivity index (χ4n) is 2.17. The van der Waals surface area contributed by atoms with Gasteiger partial charge in [0, 0.05) is 30.3 Å². The number of nitro groups is 1. The molecule has 2 amide bonds. The van der Waals surface area contributed by atoms with E-state index in [-0.39, 0.29) is 41.2 Å². The number of aryl methyl sites for hydroxylation is 1. The Kier molecular flexibility index (Phi) is 6.08. The molecule has 0 aliphatic rings. The molecule has 0 radical (unpaired) electrons. The average Bonchev–Trinajstić information content (AvgIpc) is 2.56. The van der Waals surface area contributed by atoms with Gasteiger partial charge in [-0.15, -0.1) is 0 Å². The maximum Gasteiger partial charge on any atom is 0.289 e. The van der Waals surface area contributed by atoms with Crippen molar-refractivity contribution in [1.29, 1.82) is 0 Å². The zero-order valence-corrected chi connectivity index (χ0v) is 14.2. The molecule has 8 heteroatoms. The minimum absolute atomic E-state index is 0.00602. The van der Waals surface area contributed by atoms with E-state index in [0.29, 0.717) is 5.56 Å². The van der Waals surface area contributed by atoms with Gasteiger partial charge in [0.15, 0.2) is 0 Å². The average molecular weight is 362 g/mol. The molecule has 25 heavy (non-hydrogen) atoms. The Bertz CT molecular complexity index is 823. The normalized spacial score (nSPS) is 10.2. The van der Waals surface area contributed by atoms with Crippen LogP contribution < -0.4 is 10.6 Å². The Hall–Kier alpha value is -2.93. The maximum absolute atomic E-state index is 12.0. The molecule has 0 aliphatic carbocycles. The quantitative estimate of drug-likeness (QED) is 0.608. The van der Waals surface area contributed by atoms with E-state index in [1.54, 1.807) is 12.1 Å². The SMILES string of the molecule is Cc1ccccc1C(=O)NCCC(=O)Nc1ccc(Cl)c([N+](=O)[O-])c1. The van der Waals surface area contributed by atoms with E-state index < -0.39 is 4.92 Å². The van der Waals surface area contributed by atoms with E-state index in [4.69, 9.17) is 11.6 Å². The second kappa shape index (κ2) is 8.25. The van der Waals surface area contributed by atoms with Crippen LogP contribution in [0.15, 0.2) is 42.5 Å². The Labute approximate surface area is 149 Å². The highest BCUT2D eigenvalue weighted by atomic mass is 35.5. The molecule has 2 rings (SSSR count).